The molecule has 0 N–H and O–H groups in total. The number of halogens is 1. The second-order valence-electron chi connectivity index (χ2n) is 9.98. The summed E-state index contributed by atoms with van der Waals surface area (Å²) in [6.07, 6.45) is 4.42. The Morgan fingerprint density at radius 2 is 1.60 bits per heavy atom. The van der Waals surface area contributed by atoms with Crippen LogP contribution in [0.3, 0.4) is 0 Å². The number of hydrogen-bond acceptors (Lipinski definition) is 7. The first-order valence-corrected chi connectivity index (χ1v) is 13.1. The van der Waals surface area contributed by atoms with E-state index in [0.717, 1.165) is 16.7 Å². The van der Waals surface area contributed by atoms with Crippen molar-refractivity contribution in [2.45, 2.75) is 31.9 Å². The third-order valence-electron chi connectivity index (χ3n) is 6.98. The predicted octanol–water partition coefficient (Wildman–Crippen LogP) is 6.55. The van der Waals surface area contributed by atoms with Crippen LogP contribution in [-0.4, -0.2) is 50.7 Å². The van der Waals surface area contributed by atoms with Gasteiger partial charge >= 0.3 is 0 Å². The summed E-state index contributed by atoms with van der Waals surface area (Å²) in [7, 11) is 6.30. The van der Waals surface area contributed by atoms with Crippen LogP contribution in [0.15, 0.2) is 59.7 Å². The standard InChI is InChI=1S/C31H31ClN2O6/c1-31(2)14-13-22-25(36-3)12-11-21(28(22)40-31)23-17-24(19-15-26(37-4)29(39-6)27(16-19)38-5)34(33-23)30(35)18-7-9-20(32)10-8-18/h7-16,24H,17H2,1-6H3. The largest absolute Gasteiger partial charge is 0.496 e. The third-order valence-corrected chi connectivity index (χ3v) is 7.24. The van der Waals surface area contributed by atoms with Gasteiger partial charge in [-0.2, -0.15) is 5.10 Å². The fourth-order valence-corrected chi connectivity index (χ4v) is 5.10. The first-order chi connectivity index (χ1) is 19.2. The zero-order valence-electron chi connectivity index (χ0n) is 23.3. The summed E-state index contributed by atoms with van der Waals surface area (Å²) in [6.45, 7) is 3.97. The fourth-order valence-electron chi connectivity index (χ4n) is 4.97. The van der Waals surface area contributed by atoms with Gasteiger partial charge in [-0.05, 0) is 80.1 Å². The van der Waals surface area contributed by atoms with Crippen LogP contribution in [0.25, 0.3) is 6.08 Å². The molecule has 1 unspecified atom stereocenters. The van der Waals surface area contributed by atoms with Crippen molar-refractivity contribution in [1.29, 1.82) is 0 Å². The minimum absolute atomic E-state index is 0.269. The van der Waals surface area contributed by atoms with E-state index >= 15 is 0 Å². The monoisotopic (exact) mass is 562 g/mol. The van der Waals surface area contributed by atoms with Crippen molar-refractivity contribution in [2.24, 2.45) is 5.10 Å². The van der Waals surface area contributed by atoms with Crippen LogP contribution in [-0.2, 0) is 0 Å². The number of benzene rings is 3. The Morgan fingerprint density at radius 1 is 0.950 bits per heavy atom. The minimum atomic E-state index is -0.526. The summed E-state index contributed by atoms with van der Waals surface area (Å²) in [5.41, 5.74) is 3.03. The summed E-state index contributed by atoms with van der Waals surface area (Å²) >= 11 is 6.09. The molecule has 40 heavy (non-hydrogen) atoms. The number of fused-ring (bicyclic) bond motifs is 1. The van der Waals surface area contributed by atoms with Crippen LogP contribution in [0, 0.1) is 0 Å². The number of ether oxygens (including phenoxy) is 5. The lowest BCUT2D eigenvalue weighted by Crippen LogP contribution is -2.28. The second-order valence-corrected chi connectivity index (χ2v) is 10.4. The summed E-state index contributed by atoms with van der Waals surface area (Å²) in [5, 5.41) is 6.93. The van der Waals surface area contributed by atoms with Gasteiger partial charge in [0, 0.05) is 22.6 Å². The van der Waals surface area contributed by atoms with Crippen molar-refractivity contribution in [2.75, 3.05) is 28.4 Å². The highest BCUT2D eigenvalue weighted by molar-refractivity contribution is 6.30. The average molecular weight is 563 g/mol. The summed E-state index contributed by atoms with van der Waals surface area (Å²) in [4.78, 5) is 13.9. The van der Waals surface area contributed by atoms with Gasteiger partial charge in [0.25, 0.3) is 5.91 Å². The van der Waals surface area contributed by atoms with Gasteiger partial charge in [-0.3, -0.25) is 4.79 Å². The summed E-state index contributed by atoms with van der Waals surface area (Å²) in [6, 6.07) is 13.8. The Balaban J connectivity index is 1.65. The van der Waals surface area contributed by atoms with Gasteiger partial charge in [0.1, 0.15) is 17.1 Å². The van der Waals surface area contributed by atoms with E-state index in [0.29, 0.717) is 51.5 Å². The lowest BCUT2D eigenvalue weighted by Gasteiger charge is -2.30. The van der Waals surface area contributed by atoms with Gasteiger partial charge in [0.05, 0.1) is 45.8 Å². The van der Waals surface area contributed by atoms with Crippen molar-refractivity contribution < 1.29 is 28.5 Å². The van der Waals surface area contributed by atoms with E-state index in [1.165, 1.54) is 5.01 Å². The van der Waals surface area contributed by atoms with Crippen molar-refractivity contribution in [1.82, 2.24) is 5.01 Å². The lowest BCUT2D eigenvalue weighted by molar-refractivity contribution is 0.0710. The zero-order valence-corrected chi connectivity index (χ0v) is 24.0. The average Bonchev–Trinajstić information content (AvgIpc) is 3.40. The highest BCUT2D eigenvalue weighted by Crippen LogP contribution is 2.46. The van der Waals surface area contributed by atoms with E-state index in [1.54, 1.807) is 52.7 Å². The molecule has 8 nitrogen and oxygen atoms in total. The topological polar surface area (TPSA) is 78.8 Å². The van der Waals surface area contributed by atoms with Gasteiger partial charge in [-0.25, -0.2) is 5.01 Å². The normalized spacial score (nSPS) is 17.0. The maximum atomic E-state index is 13.9. The number of amides is 1. The summed E-state index contributed by atoms with van der Waals surface area (Å²) in [5.74, 6) is 2.53. The smallest absolute Gasteiger partial charge is 0.274 e. The van der Waals surface area contributed by atoms with Crippen LogP contribution in [0.2, 0.25) is 5.02 Å². The molecule has 5 rings (SSSR count). The Kier molecular flexibility index (Phi) is 7.38. The van der Waals surface area contributed by atoms with E-state index in [4.69, 9.17) is 40.4 Å². The van der Waals surface area contributed by atoms with Crippen LogP contribution in [0.1, 0.15) is 53.4 Å². The number of carbonyl (C=O) groups excluding carboxylic acids is 1. The number of rotatable bonds is 7. The maximum absolute atomic E-state index is 13.9. The van der Waals surface area contributed by atoms with E-state index in [-0.39, 0.29) is 5.91 Å². The minimum Gasteiger partial charge on any atom is -0.496 e. The lowest BCUT2D eigenvalue weighted by atomic mass is 9.93. The molecule has 9 heteroatoms. The Labute approximate surface area is 238 Å². The highest BCUT2D eigenvalue weighted by atomic mass is 35.5. The van der Waals surface area contributed by atoms with E-state index < -0.39 is 11.6 Å². The maximum Gasteiger partial charge on any atom is 0.274 e. The van der Waals surface area contributed by atoms with Gasteiger partial charge in [-0.1, -0.05) is 11.6 Å². The molecule has 0 radical (unpaired) electrons. The van der Waals surface area contributed by atoms with Gasteiger partial charge < -0.3 is 23.7 Å². The molecule has 2 aliphatic heterocycles. The van der Waals surface area contributed by atoms with E-state index in [1.807, 2.05) is 50.3 Å². The number of hydrogen-bond donors (Lipinski definition) is 0. The third kappa shape index (κ3) is 4.95. The first-order valence-electron chi connectivity index (χ1n) is 12.8. The van der Waals surface area contributed by atoms with Crippen LogP contribution < -0.4 is 23.7 Å². The van der Waals surface area contributed by atoms with Gasteiger partial charge in [0.15, 0.2) is 11.5 Å². The van der Waals surface area contributed by atoms with Crippen LogP contribution >= 0.6 is 11.6 Å². The first kappa shape index (κ1) is 27.4. The molecular formula is C31H31ClN2O6. The molecule has 2 heterocycles. The Hall–Kier alpha value is -4.17. The molecule has 3 aromatic rings. The molecule has 0 bridgehead atoms. The van der Waals surface area contributed by atoms with E-state index in [9.17, 15) is 4.79 Å². The molecule has 2 aliphatic rings. The van der Waals surface area contributed by atoms with Crippen molar-refractivity contribution in [3.8, 4) is 28.7 Å². The number of methoxy groups -OCH3 is 4. The quantitative estimate of drug-likeness (QED) is 0.325. The fraction of sp³-hybridized carbons (Fsp3) is 0.290. The van der Waals surface area contributed by atoms with E-state index in [2.05, 4.69) is 0 Å². The number of hydrazone groups is 1. The molecule has 0 aromatic heterocycles. The van der Waals surface area contributed by atoms with Crippen molar-refractivity contribution in [3.05, 3.63) is 81.9 Å². The van der Waals surface area contributed by atoms with Crippen LogP contribution in [0.4, 0.5) is 0 Å². The van der Waals surface area contributed by atoms with Crippen molar-refractivity contribution >= 4 is 29.3 Å². The number of nitrogens with zero attached hydrogens (tertiary/aromatic N) is 2. The SMILES string of the molecule is COc1ccc(C2=NN(C(=O)c3ccc(Cl)cc3)C(c3cc(OC)c(OC)c(OC)c3)C2)c2c1C=CC(C)(C)O2. The van der Waals surface area contributed by atoms with Crippen molar-refractivity contribution in [3.63, 3.8) is 0 Å². The molecular weight excluding hydrogens is 532 g/mol. The molecule has 0 spiro atoms. The molecule has 0 aliphatic carbocycles. The molecule has 208 valence electrons. The highest BCUT2D eigenvalue weighted by Gasteiger charge is 2.37. The second kappa shape index (κ2) is 10.8. The van der Waals surface area contributed by atoms with Gasteiger partial charge in [-0.15, -0.1) is 0 Å². The molecule has 0 saturated heterocycles. The van der Waals surface area contributed by atoms with Crippen LogP contribution in [0.5, 0.6) is 28.7 Å². The molecule has 0 fully saturated rings. The molecule has 1 atom stereocenters. The van der Waals surface area contributed by atoms with Gasteiger partial charge in [0.2, 0.25) is 5.75 Å². The number of carbonyl (C=O) groups is 1. The Bertz CT molecular complexity index is 1490. The molecule has 0 saturated carbocycles. The predicted molar refractivity (Wildman–Crippen MR) is 154 cm³/mol. The molecule has 1 amide bonds. The Morgan fingerprint density at radius 3 is 2.20 bits per heavy atom. The molecule has 3 aromatic carbocycles. The zero-order chi connectivity index (χ0) is 28.6. The summed E-state index contributed by atoms with van der Waals surface area (Å²) < 4.78 is 28.8.